The van der Waals surface area contributed by atoms with Crippen LogP contribution in [0, 0.1) is 0 Å². The molecule has 0 radical (unpaired) electrons. The molecule has 0 spiro atoms. The van der Waals surface area contributed by atoms with Crippen LogP contribution in [-0.2, 0) is 10.0 Å². The minimum Gasteiger partial charge on any atom is -0.492 e. The molecular formula is C12H20N2O3S. The van der Waals surface area contributed by atoms with Crippen molar-refractivity contribution in [3.63, 3.8) is 0 Å². The average Bonchev–Trinajstić information content (AvgIpc) is 2.33. The van der Waals surface area contributed by atoms with Crippen LogP contribution < -0.4 is 10.5 Å². The van der Waals surface area contributed by atoms with Crippen LogP contribution in [0.1, 0.15) is 20.8 Å². The summed E-state index contributed by atoms with van der Waals surface area (Å²) in [6, 6.07) is 4.67. The lowest BCUT2D eigenvalue weighted by atomic mass is 10.3. The van der Waals surface area contributed by atoms with Crippen LogP contribution in [0.4, 0.5) is 5.69 Å². The van der Waals surface area contributed by atoms with E-state index in [9.17, 15) is 8.42 Å². The number of sulfonamides is 1. The summed E-state index contributed by atoms with van der Waals surface area (Å²) in [7, 11) is -3.55. The van der Waals surface area contributed by atoms with Gasteiger partial charge in [-0.05, 0) is 25.1 Å². The average molecular weight is 272 g/mol. The van der Waals surface area contributed by atoms with E-state index < -0.39 is 10.0 Å². The third kappa shape index (κ3) is 2.94. The van der Waals surface area contributed by atoms with Crippen molar-refractivity contribution in [3.05, 3.63) is 18.2 Å². The van der Waals surface area contributed by atoms with Gasteiger partial charge in [0.2, 0.25) is 10.0 Å². The third-order valence-electron chi connectivity index (χ3n) is 2.59. The Bertz CT molecular complexity index is 496. The molecule has 0 saturated heterocycles. The van der Waals surface area contributed by atoms with E-state index in [1.165, 1.54) is 10.4 Å². The molecule has 0 aliphatic carbocycles. The van der Waals surface area contributed by atoms with E-state index in [-0.39, 0.29) is 4.90 Å². The molecule has 1 rings (SSSR count). The molecule has 5 nitrogen and oxygen atoms in total. The molecule has 0 saturated carbocycles. The summed E-state index contributed by atoms with van der Waals surface area (Å²) in [6.45, 7) is 6.65. The minimum atomic E-state index is -3.55. The van der Waals surface area contributed by atoms with E-state index in [2.05, 4.69) is 0 Å². The summed E-state index contributed by atoms with van der Waals surface area (Å²) in [4.78, 5) is 0.132. The maximum Gasteiger partial charge on any atom is 0.246 e. The highest BCUT2D eigenvalue weighted by molar-refractivity contribution is 7.89. The van der Waals surface area contributed by atoms with Crippen LogP contribution in [0.15, 0.2) is 23.1 Å². The number of benzene rings is 1. The molecule has 0 heterocycles. The van der Waals surface area contributed by atoms with Gasteiger partial charge in [-0.25, -0.2) is 8.42 Å². The second kappa shape index (κ2) is 6.06. The number of hydrogen-bond donors (Lipinski definition) is 1. The van der Waals surface area contributed by atoms with Crippen molar-refractivity contribution in [2.45, 2.75) is 25.7 Å². The number of hydrogen-bond acceptors (Lipinski definition) is 4. The van der Waals surface area contributed by atoms with Gasteiger partial charge in [0, 0.05) is 18.8 Å². The van der Waals surface area contributed by atoms with Crippen molar-refractivity contribution in [2.24, 2.45) is 0 Å². The molecule has 6 heteroatoms. The fraction of sp³-hybridized carbons (Fsp3) is 0.500. The molecule has 0 atom stereocenters. The zero-order chi connectivity index (χ0) is 13.8. The molecule has 0 aromatic heterocycles. The monoisotopic (exact) mass is 272 g/mol. The van der Waals surface area contributed by atoms with Gasteiger partial charge in [-0.1, -0.05) is 13.8 Å². The second-order valence-corrected chi connectivity index (χ2v) is 5.63. The summed E-state index contributed by atoms with van der Waals surface area (Å²) >= 11 is 0. The van der Waals surface area contributed by atoms with Crippen LogP contribution >= 0.6 is 0 Å². The van der Waals surface area contributed by atoms with Gasteiger partial charge in [-0.3, -0.25) is 0 Å². The van der Waals surface area contributed by atoms with Gasteiger partial charge in [0.25, 0.3) is 0 Å². The minimum absolute atomic E-state index is 0.132. The highest BCUT2D eigenvalue weighted by atomic mass is 32.2. The van der Waals surface area contributed by atoms with E-state index in [1.807, 2.05) is 6.92 Å². The van der Waals surface area contributed by atoms with Crippen molar-refractivity contribution in [2.75, 3.05) is 25.4 Å². The first-order chi connectivity index (χ1) is 8.47. The predicted molar refractivity (Wildman–Crippen MR) is 72.1 cm³/mol. The first kappa shape index (κ1) is 14.8. The van der Waals surface area contributed by atoms with Gasteiger partial charge >= 0.3 is 0 Å². The summed E-state index contributed by atoms with van der Waals surface area (Å²) < 4.78 is 31.6. The van der Waals surface area contributed by atoms with Gasteiger partial charge in [-0.15, -0.1) is 0 Å². The second-order valence-electron chi connectivity index (χ2n) is 3.73. The van der Waals surface area contributed by atoms with Gasteiger partial charge < -0.3 is 10.5 Å². The van der Waals surface area contributed by atoms with Crippen LogP contribution in [0.25, 0.3) is 0 Å². The zero-order valence-electron chi connectivity index (χ0n) is 11.0. The Hall–Kier alpha value is -1.27. The molecular weight excluding hydrogens is 252 g/mol. The van der Waals surface area contributed by atoms with E-state index in [1.54, 1.807) is 26.0 Å². The van der Waals surface area contributed by atoms with Crippen LogP contribution in [-0.4, -0.2) is 32.4 Å². The highest BCUT2D eigenvalue weighted by Gasteiger charge is 2.25. The van der Waals surface area contributed by atoms with Crippen molar-refractivity contribution < 1.29 is 13.2 Å². The van der Waals surface area contributed by atoms with Gasteiger partial charge in [-0.2, -0.15) is 4.31 Å². The SMILES string of the molecule is CCOc1ccc(N)cc1S(=O)(=O)N(CC)CC. The number of nitrogens with zero attached hydrogens (tertiary/aromatic N) is 1. The summed E-state index contributed by atoms with van der Waals surface area (Å²) in [5.74, 6) is 0.346. The highest BCUT2D eigenvalue weighted by Crippen LogP contribution is 2.28. The lowest BCUT2D eigenvalue weighted by molar-refractivity contribution is 0.329. The first-order valence-corrected chi connectivity index (χ1v) is 7.43. The smallest absolute Gasteiger partial charge is 0.246 e. The van der Waals surface area contributed by atoms with E-state index in [0.29, 0.717) is 31.1 Å². The first-order valence-electron chi connectivity index (χ1n) is 5.99. The molecule has 0 aliphatic heterocycles. The Kier molecular flexibility index (Phi) is 4.98. The summed E-state index contributed by atoms with van der Waals surface area (Å²) in [6.07, 6.45) is 0. The molecule has 1 aromatic carbocycles. The Balaban J connectivity index is 3.33. The molecule has 0 amide bonds. The number of rotatable bonds is 6. The molecule has 0 aliphatic rings. The van der Waals surface area contributed by atoms with Crippen molar-refractivity contribution in [3.8, 4) is 5.75 Å². The standard InChI is InChI=1S/C12H20N2O3S/c1-4-14(5-2)18(15,16)12-9-10(13)7-8-11(12)17-6-3/h7-9H,4-6,13H2,1-3H3. The zero-order valence-corrected chi connectivity index (χ0v) is 11.8. The van der Waals surface area contributed by atoms with Crippen molar-refractivity contribution >= 4 is 15.7 Å². The topological polar surface area (TPSA) is 72.6 Å². The van der Waals surface area contributed by atoms with Gasteiger partial charge in [0.05, 0.1) is 6.61 Å². The van der Waals surface area contributed by atoms with Crippen molar-refractivity contribution in [1.29, 1.82) is 0 Å². The molecule has 2 N–H and O–H groups in total. The van der Waals surface area contributed by atoms with Crippen LogP contribution in [0.2, 0.25) is 0 Å². The predicted octanol–water partition coefficient (Wildman–Crippen LogP) is 1.70. The third-order valence-corrected chi connectivity index (χ3v) is 4.66. The van der Waals surface area contributed by atoms with Crippen LogP contribution in [0.5, 0.6) is 5.75 Å². The number of nitrogen functional groups attached to an aromatic ring is 1. The molecule has 0 unspecified atom stereocenters. The fourth-order valence-corrected chi connectivity index (χ4v) is 3.33. The largest absolute Gasteiger partial charge is 0.492 e. The lowest BCUT2D eigenvalue weighted by Gasteiger charge is -2.20. The van der Waals surface area contributed by atoms with E-state index in [0.717, 1.165) is 0 Å². The Labute approximate surface area is 109 Å². The van der Waals surface area contributed by atoms with Crippen LogP contribution in [0.3, 0.4) is 0 Å². The molecule has 0 fully saturated rings. The summed E-state index contributed by atoms with van der Waals surface area (Å²) in [5.41, 5.74) is 6.07. The molecule has 102 valence electrons. The quantitative estimate of drug-likeness (QED) is 0.800. The maximum atomic E-state index is 12.4. The van der Waals surface area contributed by atoms with E-state index in [4.69, 9.17) is 10.5 Å². The van der Waals surface area contributed by atoms with E-state index >= 15 is 0 Å². The Morgan fingerprint density at radius 3 is 2.33 bits per heavy atom. The molecule has 0 bridgehead atoms. The van der Waals surface area contributed by atoms with Crippen molar-refractivity contribution in [1.82, 2.24) is 4.31 Å². The van der Waals surface area contributed by atoms with Gasteiger partial charge in [0.15, 0.2) is 0 Å². The normalized spacial score (nSPS) is 11.8. The van der Waals surface area contributed by atoms with Gasteiger partial charge in [0.1, 0.15) is 10.6 Å². The Morgan fingerprint density at radius 1 is 1.22 bits per heavy atom. The molecule has 18 heavy (non-hydrogen) atoms. The Morgan fingerprint density at radius 2 is 1.83 bits per heavy atom. The maximum absolute atomic E-state index is 12.4. The number of ether oxygens (including phenoxy) is 1. The number of anilines is 1. The summed E-state index contributed by atoms with van der Waals surface area (Å²) in [5, 5.41) is 0. The lowest BCUT2D eigenvalue weighted by Crippen LogP contribution is -2.31. The number of nitrogens with two attached hydrogens (primary N) is 1. The fourth-order valence-electron chi connectivity index (χ4n) is 1.70. The molecule has 1 aromatic rings.